The molecule has 0 spiro atoms. The summed E-state index contributed by atoms with van der Waals surface area (Å²) in [6, 6.07) is 3.73. The van der Waals surface area contributed by atoms with Gasteiger partial charge in [-0.05, 0) is 57.9 Å². The van der Waals surface area contributed by atoms with Crippen molar-refractivity contribution in [3.05, 3.63) is 30.7 Å². The second-order valence-electron chi connectivity index (χ2n) is 11.3. The molecule has 2 atom stereocenters. The lowest BCUT2D eigenvalue weighted by Crippen LogP contribution is -2.51. The third-order valence-corrected chi connectivity index (χ3v) is 8.07. The Morgan fingerprint density at radius 3 is 2.45 bits per heavy atom. The van der Waals surface area contributed by atoms with Crippen LogP contribution in [-0.4, -0.2) is 94.3 Å². The number of hydrogen-bond acceptors (Lipinski definition) is 9. The summed E-state index contributed by atoms with van der Waals surface area (Å²) in [5, 5.41) is 0. The minimum atomic E-state index is -0.214. The summed E-state index contributed by atoms with van der Waals surface area (Å²) in [6.07, 6.45) is 10.5. The summed E-state index contributed by atoms with van der Waals surface area (Å²) in [5.41, 5.74) is 8.20. The first-order valence-electron chi connectivity index (χ1n) is 14.5. The molecule has 2 N–H and O–H groups in total. The zero-order valence-corrected chi connectivity index (χ0v) is 23.6. The van der Waals surface area contributed by atoms with Crippen LogP contribution in [0.3, 0.4) is 0 Å². The van der Waals surface area contributed by atoms with Crippen molar-refractivity contribution in [2.24, 2.45) is 11.7 Å². The third kappa shape index (κ3) is 6.80. The Bertz CT molecular complexity index is 1140. The van der Waals surface area contributed by atoms with Crippen LogP contribution in [0, 0.1) is 5.92 Å². The van der Waals surface area contributed by atoms with Gasteiger partial charge in [-0.1, -0.05) is 0 Å². The monoisotopic (exact) mass is 551 g/mol. The summed E-state index contributed by atoms with van der Waals surface area (Å²) in [5.74, 6) is 1.94. The normalized spacial score (nSPS) is 22.2. The predicted molar refractivity (Wildman–Crippen MR) is 151 cm³/mol. The molecule has 11 heteroatoms. The van der Waals surface area contributed by atoms with Crippen molar-refractivity contribution in [3.8, 4) is 17.0 Å². The van der Waals surface area contributed by atoms with Crippen molar-refractivity contribution in [3.63, 3.8) is 0 Å². The quantitative estimate of drug-likeness (QED) is 0.526. The first kappa shape index (κ1) is 28.1. The highest BCUT2D eigenvalue weighted by Crippen LogP contribution is 2.26. The van der Waals surface area contributed by atoms with Gasteiger partial charge in [-0.15, -0.1) is 0 Å². The molecule has 3 aliphatic rings. The molecule has 0 aliphatic carbocycles. The molecular weight excluding hydrogens is 510 g/mol. The molecule has 0 radical (unpaired) electrons. The molecule has 0 unspecified atom stereocenters. The van der Waals surface area contributed by atoms with E-state index in [4.69, 9.17) is 15.2 Å². The number of carbonyl (C=O) groups excluding carboxylic acids is 2. The number of rotatable bonds is 8. The lowest BCUT2D eigenvalue weighted by Gasteiger charge is -2.34. The van der Waals surface area contributed by atoms with Crippen molar-refractivity contribution >= 4 is 17.9 Å². The number of piperidine rings is 2. The fourth-order valence-corrected chi connectivity index (χ4v) is 5.76. The zero-order chi connectivity index (χ0) is 28.1. The predicted octanol–water partition coefficient (Wildman–Crippen LogP) is 3.09. The van der Waals surface area contributed by atoms with Gasteiger partial charge in [-0.2, -0.15) is 0 Å². The van der Waals surface area contributed by atoms with Crippen LogP contribution >= 0.6 is 0 Å². The molecule has 0 saturated carbocycles. The van der Waals surface area contributed by atoms with Crippen LogP contribution in [0.4, 0.5) is 10.7 Å². The molecule has 11 nitrogen and oxygen atoms in total. The minimum Gasteiger partial charge on any atom is -0.478 e. The molecule has 0 aromatic carbocycles. The van der Waals surface area contributed by atoms with Crippen LogP contribution in [0.2, 0.25) is 0 Å². The van der Waals surface area contributed by atoms with E-state index < -0.39 is 0 Å². The molecule has 2 aromatic heterocycles. The summed E-state index contributed by atoms with van der Waals surface area (Å²) < 4.78 is 11.2. The molecule has 0 bridgehead atoms. The van der Waals surface area contributed by atoms with Crippen LogP contribution in [0.1, 0.15) is 52.4 Å². The van der Waals surface area contributed by atoms with Crippen molar-refractivity contribution in [2.75, 3.05) is 44.2 Å². The van der Waals surface area contributed by atoms with Crippen LogP contribution in [0.15, 0.2) is 30.7 Å². The number of pyridine rings is 1. The van der Waals surface area contributed by atoms with Crippen LogP contribution in [0.5, 0.6) is 5.88 Å². The van der Waals surface area contributed by atoms with Gasteiger partial charge in [0, 0.05) is 81.0 Å². The maximum Gasteiger partial charge on any atom is 0.410 e. The molecule has 5 rings (SSSR count). The fraction of sp³-hybridized carbons (Fsp3) is 0.621. The van der Waals surface area contributed by atoms with E-state index in [1.807, 2.05) is 30.9 Å². The van der Waals surface area contributed by atoms with Gasteiger partial charge in [-0.3, -0.25) is 4.79 Å². The molecule has 3 aliphatic heterocycles. The molecule has 216 valence electrons. The maximum atomic E-state index is 12.4. The van der Waals surface area contributed by atoms with E-state index in [1.165, 1.54) is 0 Å². The van der Waals surface area contributed by atoms with Crippen molar-refractivity contribution in [1.82, 2.24) is 24.8 Å². The Balaban J connectivity index is 1.07. The van der Waals surface area contributed by atoms with Gasteiger partial charge < -0.3 is 29.9 Å². The molecule has 2 amide bonds. The van der Waals surface area contributed by atoms with Gasteiger partial charge in [0.2, 0.25) is 17.7 Å². The smallest absolute Gasteiger partial charge is 0.410 e. The second kappa shape index (κ2) is 12.8. The SMILES string of the molecule is CC(C)OC(=O)N1CCC(CCOc2ccc(-c3cnc(N4C[C@H](N)[C@@H](N5CCCCC5=O)C4)nc3)cn2)CC1. The lowest BCUT2D eigenvalue weighted by molar-refractivity contribution is -0.135. The number of anilines is 1. The lowest BCUT2D eigenvalue weighted by atomic mass is 9.94. The molecule has 40 heavy (non-hydrogen) atoms. The molecular formula is C29H41N7O4. The van der Waals surface area contributed by atoms with Crippen molar-refractivity contribution < 1.29 is 19.1 Å². The average Bonchev–Trinajstić information content (AvgIpc) is 3.35. The Morgan fingerprint density at radius 2 is 1.77 bits per heavy atom. The van der Waals surface area contributed by atoms with Gasteiger partial charge in [0.15, 0.2) is 0 Å². The van der Waals surface area contributed by atoms with Crippen molar-refractivity contribution in [1.29, 1.82) is 0 Å². The first-order chi connectivity index (χ1) is 19.4. The van der Waals surface area contributed by atoms with Gasteiger partial charge in [0.05, 0.1) is 18.8 Å². The number of ether oxygens (including phenoxy) is 2. The first-order valence-corrected chi connectivity index (χ1v) is 14.5. The Hall–Kier alpha value is -3.47. The zero-order valence-electron chi connectivity index (χ0n) is 23.6. The Labute approximate surface area is 236 Å². The van der Waals surface area contributed by atoms with E-state index in [0.717, 1.165) is 62.9 Å². The Morgan fingerprint density at radius 1 is 1.02 bits per heavy atom. The fourth-order valence-electron chi connectivity index (χ4n) is 5.76. The number of likely N-dealkylation sites (tertiary alicyclic amines) is 2. The summed E-state index contributed by atoms with van der Waals surface area (Å²) in [6.45, 7) is 7.86. The Kier molecular flexibility index (Phi) is 8.98. The summed E-state index contributed by atoms with van der Waals surface area (Å²) in [7, 11) is 0. The molecule has 5 heterocycles. The van der Waals surface area contributed by atoms with E-state index in [2.05, 4.69) is 19.9 Å². The number of hydrogen-bond donors (Lipinski definition) is 1. The van der Waals surface area contributed by atoms with E-state index in [9.17, 15) is 9.59 Å². The van der Waals surface area contributed by atoms with Crippen LogP contribution in [0.25, 0.3) is 11.1 Å². The van der Waals surface area contributed by atoms with Gasteiger partial charge in [-0.25, -0.2) is 19.7 Å². The van der Waals surface area contributed by atoms with Gasteiger partial charge in [0.1, 0.15) is 0 Å². The van der Waals surface area contributed by atoms with E-state index in [-0.39, 0.29) is 30.2 Å². The number of nitrogens with zero attached hydrogens (tertiary/aromatic N) is 6. The maximum absolute atomic E-state index is 12.4. The molecule has 2 aromatic rings. The standard InChI is InChI=1S/C29H41N7O4/c1-20(2)40-29(38)34-12-8-21(9-13-34)10-14-39-26-7-6-22(15-31-26)23-16-32-28(33-17-23)35-18-24(30)25(19-35)36-11-4-3-5-27(36)37/h6-7,15-17,20-21,24-25H,3-5,8-14,18-19,30H2,1-2H3/t24-,25-/m0/s1. The van der Waals surface area contributed by atoms with Crippen LogP contribution < -0.4 is 15.4 Å². The second-order valence-corrected chi connectivity index (χ2v) is 11.3. The van der Waals surface area contributed by atoms with E-state index in [1.54, 1.807) is 23.5 Å². The summed E-state index contributed by atoms with van der Waals surface area (Å²) in [4.78, 5) is 43.9. The van der Waals surface area contributed by atoms with Gasteiger partial charge >= 0.3 is 6.09 Å². The molecule has 3 saturated heterocycles. The highest BCUT2D eigenvalue weighted by Gasteiger charge is 2.38. The topological polar surface area (TPSA) is 127 Å². The third-order valence-electron chi connectivity index (χ3n) is 8.07. The number of carbonyl (C=O) groups is 2. The number of aromatic nitrogens is 3. The van der Waals surface area contributed by atoms with E-state index >= 15 is 0 Å². The molecule has 3 fully saturated rings. The summed E-state index contributed by atoms with van der Waals surface area (Å²) >= 11 is 0. The highest BCUT2D eigenvalue weighted by molar-refractivity contribution is 5.77. The number of amides is 2. The minimum absolute atomic E-state index is 0.00847. The van der Waals surface area contributed by atoms with Gasteiger partial charge in [0.25, 0.3) is 0 Å². The highest BCUT2D eigenvalue weighted by atomic mass is 16.6. The largest absolute Gasteiger partial charge is 0.478 e. The number of nitrogens with two attached hydrogens (primary N) is 1. The van der Waals surface area contributed by atoms with E-state index in [0.29, 0.717) is 43.9 Å². The van der Waals surface area contributed by atoms with Crippen molar-refractivity contribution in [2.45, 2.75) is 70.6 Å². The van der Waals surface area contributed by atoms with Crippen LogP contribution in [-0.2, 0) is 9.53 Å². The average molecular weight is 552 g/mol.